The summed E-state index contributed by atoms with van der Waals surface area (Å²) < 4.78 is 35.3. The first-order valence-electron chi connectivity index (χ1n) is 8.80. The number of sulfonamides is 1. The average Bonchev–Trinajstić information content (AvgIpc) is 3.30. The standard InChI is InChI=1S/C20H20N4O3S/c1-13-6-7-16(18-12-21-24-15(3)9-14(2)23-20(18)24)10-19(13)28(25,26)22-11-17-5-4-8-27-17/h4-10,12,22H,11H2,1-3H3. The number of hydrogen-bond acceptors (Lipinski definition) is 5. The minimum Gasteiger partial charge on any atom is -0.468 e. The lowest BCUT2D eigenvalue weighted by atomic mass is 10.1. The molecule has 0 unspecified atom stereocenters. The maximum absolute atomic E-state index is 12.9. The molecule has 144 valence electrons. The van der Waals surface area contributed by atoms with Crippen molar-refractivity contribution in [2.75, 3.05) is 0 Å². The van der Waals surface area contributed by atoms with Crippen LogP contribution in [0.3, 0.4) is 0 Å². The van der Waals surface area contributed by atoms with Gasteiger partial charge >= 0.3 is 0 Å². The molecular weight excluding hydrogens is 376 g/mol. The van der Waals surface area contributed by atoms with Crippen molar-refractivity contribution in [1.29, 1.82) is 0 Å². The van der Waals surface area contributed by atoms with Crippen molar-refractivity contribution in [2.24, 2.45) is 0 Å². The van der Waals surface area contributed by atoms with Crippen LogP contribution in [0.2, 0.25) is 0 Å². The lowest BCUT2D eigenvalue weighted by Crippen LogP contribution is -2.23. The Morgan fingerprint density at radius 3 is 2.71 bits per heavy atom. The molecule has 0 aliphatic rings. The van der Waals surface area contributed by atoms with Crippen LogP contribution < -0.4 is 4.72 Å². The number of furan rings is 1. The molecule has 0 spiro atoms. The van der Waals surface area contributed by atoms with E-state index in [-0.39, 0.29) is 11.4 Å². The first-order chi connectivity index (χ1) is 13.3. The van der Waals surface area contributed by atoms with Crippen molar-refractivity contribution in [3.63, 3.8) is 0 Å². The van der Waals surface area contributed by atoms with Gasteiger partial charge < -0.3 is 4.42 Å². The van der Waals surface area contributed by atoms with Crippen LogP contribution in [0, 0.1) is 20.8 Å². The van der Waals surface area contributed by atoms with Gasteiger partial charge in [0.2, 0.25) is 10.0 Å². The van der Waals surface area contributed by atoms with E-state index in [2.05, 4.69) is 14.8 Å². The van der Waals surface area contributed by atoms with Gasteiger partial charge in [-0.1, -0.05) is 12.1 Å². The fraction of sp³-hybridized carbons (Fsp3) is 0.200. The van der Waals surface area contributed by atoms with Gasteiger partial charge in [-0.2, -0.15) is 5.10 Å². The minimum atomic E-state index is -3.71. The second-order valence-electron chi connectivity index (χ2n) is 6.72. The second-order valence-corrected chi connectivity index (χ2v) is 8.45. The van der Waals surface area contributed by atoms with E-state index in [1.807, 2.05) is 26.0 Å². The zero-order chi connectivity index (χ0) is 19.9. The van der Waals surface area contributed by atoms with Crippen molar-refractivity contribution in [3.05, 3.63) is 71.6 Å². The molecule has 0 aliphatic carbocycles. The monoisotopic (exact) mass is 396 g/mol. The molecule has 0 saturated carbocycles. The first-order valence-corrected chi connectivity index (χ1v) is 10.3. The predicted molar refractivity (Wildman–Crippen MR) is 105 cm³/mol. The highest BCUT2D eigenvalue weighted by Gasteiger charge is 2.19. The van der Waals surface area contributed by atoms with Crippen LogP contribution in [0.15, 0.2) is 58.2 Å². The molecule has 7 nitrogen and oxygen atoms in total. The van der Waals surface area contributed by atoms with Crippen LogP contribution in [0.1, 0.15) is 22.7 Å². The van der Waals surface area contributed by atoms with Crippen LogP contribution in [0.25, 0.3) is 16.8 Å². The van der Waals surface area contributed by atoms with Crippen molar-refractivity contribution < 1.29 is 12.8 Å². The highest BCUT2D eigenvalue weighted by molar-refractivity contribution is 7.89. The van der Waals surface area contributed by atoms with Crippen molar-refractivity contribution in [2.45, 2.75) is 32.2 Å². The summed E-state index contributed by atoms with van der Waals surface area (Å²) >= 11 is 0. The molecule has 4 rings (SSSR count). The first kappa shape index (κ1) is 18.4. The van der Waals surface area contributed by atoms with Crippen molar-refractivity contribution >= 4 is 15.7 Å². The molecule has 0 amide bonds. The Balaban J connectivity index is 1.75. The molecule has 3 heterocycles. The van der Waals surface area contributed by atoms with Crippen LogP contribution in [-0.2, 0) is 16.6 Å². The third kappa shape index (κ3) is 3.32. The molecule has 0 fully saturated rings. The largest absolute Gasteiger partial charge is 0.468 e. The van der Waals surface area contributed by atoms with E-state index < -0.39 is 10.0 Å². The zero-order valence-electron chi connectivity index (χ0n) is 15.8. The van der Waals surface area contributed by atoms with Gasteiger partial charge in [0, 0.05) is 17.0 Å². The summed E-state index contributed by atoms with van der Waals surface area (Å²) in [4.78, 5) is 4.80. The lowest BCUT2D eigenvalue weighted by molar-refractivity contribution is 0.498. The Bertz CT molecular complexity index is 1260. The Morgan fingerprint density at radius 1 is 1.14 bits per heavy atom. The normalized spacial score (nSPS) is 12.0. The van der Waals surface area contributed by atoms with Crippen LogP contribution >= 0.6 is 0 Å². The Morgan fingerprint density at radius 2 is 1.96 bits per heavy atom. The molecule has 28 heavy (non-hydrogen) atoms. The summed E-state index contributed by atoms with van der Waals surface area (Å²) in [6, 6.07) is 10.7. The molecule has 0 bridgehead atoms. The molecule has 0 radical (unpaired) electrons. The molecule has 4 aromatic rings. The van der Waals surface area contributed by atoms with Crippen molar-refractivity contribution in [1.82, 2.24) is 19.3 Å². The Kier molecular flexibility index (Phi) is 4.52. The summed E-state index contributed by atoms with van der Waals surface area (Å²) in [6.45, 7) is 5.75. The fourth-order valence-electron chi connectivity index (χ4n) is 3.19. The van der Waals surface area contributed by atoms with Gasteiger partial charge in [-0.3, -0.25) is 0 Å². The molecule has 0 aliphatic heterocycles. The zero-order valence-corrected chi connectivity index (χ0v) is 16.6. The molecule has 8 heteroatoms. The van der Waals surface area contributed by atoms with E-state index in [9.17, 15) is 8.42 Å². The van der Waals surface area contributed by atoms with Gasteiger partial charge in [-0.15, -0.1) is 0 Å². The Hall–Kier alpha value is -2.97. The Labute approximate surface area is 163 Å². The number of aryl methyl sites for hydroxylation is 3. The second kappa shape index (κ2) is 6.88. The predicted octanol–water partition coefficient (Wildman–Crippen LogP) is 3.39. The third-order valence-corrected chi connectivity index (χ3v) is 6.13. The van der Waals surface area contributed by atoms with Crippen molar-refractivity contribution in [3.8, 4) is 11.1 Å². The number of benzene rings is 1. The van der Waals surface area contributed by atoms with Gasteiger partial charge in [-0.25, -0.2) is 22.6 Å². The summed E-state index contributed by atoms with van der Waals surface area (Å²) in [6.07, 6.45) is 3.23. The van der Waals surface area contributed by atoms with E-state index in [4.69, 9.17) is 4.42 Å². The third-order valence-electron chi connectivity index (χ3n) is 4.58. The molecular formula is C20H20N4O3S. The number of nitrogens with one attached hydrogen (secondary N) is 1. The van der Waals surface area contributed by atoms with Crippen LogP contribution in [0.5, 0.6) is 0 Å². The lowest BCUT2D eigenvalue weighted by Gasteiger charge is -2.10. The van der Waals surface area contributed by atoms with E-state index in [1.54, 1.807) is 41.9 Å². The van der Waals surface area contributed by atoms with Gasteiger partial charge in [0.25, 0.3) is 0 Å². The number of hydrogen-bond donors (Lipinski definition) is 1. The van der Waals surface area contributed by atoms with Gasteiger partial charge in [0.05, 0.1) is 23.9 Å². The minimum absolute atomic E-state index is 0.0929. The van der Waals surface area contributed by atoms with Crippen LogP contribution in [-0.4, -0.2) is 23.0 Å². The summed E-state index contributed by atoms with van der Waals surface area (Å²) in [7, 11) is -3.71. The molecule has 1 N–H and O–H groups in total. The number of nitrogens with zero attached hydrogens (tertiary/aromatic N) is 3. The van der Waals surface area contributed by atoms with E-state index in [0.717, 1.165) is 22.5 Å². The quantitative estimate of drug-likeness (QED) is 0.558. The molecule has 1 aromatic carbocycles. The number of fused-ring (bicyclic) bond motifs is 1. The summed E-state index contributed by atoms with van der Waals surface area (Å²) in [5.74, 6) is 0.551. The highest BCUT2D eigenvalue weighted by atomic mass is 32.2. The van der Waals surface area contributed by atoms with Gasteiger partial charge in [0.15, 0.2) is 5.65 Å². The van der Waals surface area contributed by atoms with Gasteiger partial charge in [-0.05, 0) is 56.2 Å². The molecule has 0 atom stereocenters. The number of rotatable bonds is 5. The van der Waals surface area contributed by atoms with Crippen LogP contribution in [0.4, 0.5) is 0 Å². The summed E-state index contributed by atoms with van der Waals surface area (Å²) in [5, 5.41) is 4.40. The van der Waals surface area contributed by atoms with Gasteiger partial charge in [0.1, 0.15) is 5.76 Å². The fourth-order valence-corrected chi connectivity index (χ4v) is 4.45. The smallest absolute Gasteiger partial charge is 0.241 e. The van der Waals surface area contributed by atoms with E-state index in [1.165, 1.54) is 6.26 Å². The number of aromatic nitrogens is 3. The topological polar surface area (TPSA) is 89.5 Å². The molecule has 3 aromatic heterocycles. The SMILES string of the molecule is Cc1cc(C)n2ncc(-c3ccc(C)c(S(=O)(=O)NCc4ccco4)c3)c2n1. The maximum Gasteiger partial charge on any atom is 0.241 e. The molecule has 0 saturated heterocycles. The van der Waals surface area contributed by atoms with E-state index >= 15 is 0 Å². The highest BCUT2D eigenvalue weighted by Crippen LogP contribution is 2.28. The van der Waals surface area contributed by atoms with E-state index in [0.29, 0.717) is 17.0 Å². The average molecular weight is 396 g/mol. The maximum atomic E-state index is 12.9. The summed E-state index contributed by atoms with van der Waals surface area (Å²) in [5.41, 5.74) is 4.74.